The fourth-order valence-electron chi connectivity index (χ4n) is 5.73. The molecule has 46 heavy (non-hydrogen) atoms. The zero-order chi connectivity index (χ0) is 53.9. The second kappa shape index (κ2) is 11.2. The summed E-state index contributed by atoms with van der Waals surface area (Å²) in [6.45, 7) is 10.8. The van der Waals surface area contributed by atoms with Crippen LogP contribution in [0.4, 0.5) is 17.1 Å². The van der Waals surface area contributed by atoms with Gasteiger partial charge in [-0.1, -0.05) is 156 Å². The van der Waals surface area contributed by atoms with E-state index in [1.54, 1.807) is 27.7 Å². The Morgan fingerprint density at radius 1 is 0.413 bits per heavy atom. The molecular formula is C45H43N. The summed E-state index contributed by atoms with van der Waals surface area (Å²) in [7, 11) is 0. The third-order valence-electron chi connectivity index (χ3n) is 9.50. The van der Waals surface area contributed by atoms with E-state index in [2.05, 4.69) is 0 Å². The van der Waals surface area contributed by atoms with Gasteiger partial charge in [0.2, 0.25) is 0 Å². The first-order chi connectivity index (χ1) is 32.5. The van der Waals surface area contributed by atoms with Gasteiger partial charge in [0.15, 0.2) is 0 Å². The van der Waals surface area contributed by atoms with Crippen molar-refractivity contribution < 1.29 is 34.3 Å². The van der Waals surface area contributed by atoms with Crippen LogP contribution in [0, 0.1) is 5.41 Å². The molecule has 1 heteroatoms. The second-order valence-corrected chi connectivity index (χ2v) is 12.4. The molecule has 228 valence electrons. The number of hydrogen-bond acceptors (Lipinski definition) is 1. The van der Waals surface area contributed by atoms with E-state index in [9.17, 15) is 16.4 Å². The van der Waals surface area contributed by atoms with Crippen LogP contribution in [0.1, 0.15) is 86.9 Å². The van der Waals surface area contributed by atoms with E-state index in [0.29, 0.717) is 4.90 Å². The van der Waals surface area contributed by atoms with Gasteiger partial charge in [-0.3, -0.25) is 0 Å². The highest BCUT2D eigenvalue weighted by Gasteiger charge is 2.57. The zero-order valence-corrected chi connectivity index (χ0v) is 25.9. The monoisotopic (exact) mass is 622 g/mol. The molecular weight excluding hydrogens is 555 g/mol. The highest BCUT2D eigenvalue weighted by Crippen LogP contribution is 2.63. The lowest BCUT2D eigenvalue weighted by atomic mass is 9.59. The van der Waals surface area contributed by atoms with Crippen molar-refractivity contribution in [2.24, 2.45) is 5.41 Å². The molecule has 0 amide bonds. The molecule has 0 aliphatic heterocycles. The average Bonchev–Trinajstić information content (AvgIpc) is 3.42. The summed E-state index contributed by atoms with van der Waals surface area (Å²) in [5.74, 6) is 0. The Balaban J connectivity index is 1.83. The van der Waals surface area contributed by atoms with Gasteiger partial charge in [0.1, 0.15) is 0 Å². The van der Waals surface area contributed by atoms with Crippen molar-refractivity contribution in [1.29, 1.82) is 0 Å². The molecule has 0 heterocycles. The van der Waals surface area contributed by atoms with Crippen molar-refractivity contribution in [3.05, 3.63) is 162 Å². The molecule has 0 radical (unpaired) electrons. The van der Waals surface area contributed by atoms with Crippen LogP contribution in [-0.4, -0.2) is 0 Å². The van der Waals surface area contributed by atoms with Crippen LogP contribution >= 0.6 is 0 Å². The number of nitrogens with zero attached hydrogens (tertiary/aromatic N) is 1. The first-order valence-electron chi connectivity index (χ1n) is 26.9. The standard InChI is InChI=1S/C45H43N/c1-43(2)40-30-39(36-20-14-9-15-21-36)42(31-41(40)44(3,4)45(43,5)6)46(37-26-22-34(23-27-37)32-16-10-7-11-17-32)38-28-24-35(25-29-38)33-18-12-8-13-19-33/h7-31H,1-6H3/i7D,8D,9D,10D,11D,12D,13D,14D,15D,16D,17D,18D,19D,20D,21D,22D,23D,24D,25D,26D,27D,28D,29D,30D,31D. The van der Waals surface area contributed by atoms with Crippen LogP contribution in [0.25, 0.3) is 33.4 Å². The van der Waals surface area contributed by atoms with Crippen LogP contribution in [0.3, 0.4) is 0 Å². The largest absolute Gasteiger partial charge is 0.310 e. The Labute approximate surface area is 310 Å². The third-order valence-corrected chi connectivity index (χ3v) is 9.50. The van der Waals surface area contributed by atoms with Gasteiger partial charge < -0.3 is 4.90 Å². The lowest BCUT2D eigenvalue weighted by Gasteiger charge is -2.44. The number of rotatable bonds is 6. The van der Waals surface area contributed by atoms with E-state index in [4.69, 9.17) is 17.8 Å². The fraction of sp³-hybridized carbons (Fsp3) is 0.200. The summed E-state index contributed by atoms with van der Waals surface area (Å²) >= 11 is 0. The van der Waals surface area contributed by atoms with Gasteiger partial charge in [0.05, 0.1) is 40.0 Å². The fourth-order valence-corrected chi connectivity index (χ4v) is 5.73. The normalized spacial score (nSPS) is 23.3. The van der Waals surface area contributed by atoms with E-state index >= 15 is 0 Å². The van der Waals surface area contributed by atoms with E-state index in [1.807, 2.05) is 13.8 Å². The molecule has 1 aliphatic rings. The Hall–Kier alpha value is -4.88. The SMILES string of the molecule is [2H]c1c([2H])c([2H])c(-c2c([2H])c([2H])c(N(c3c([2H])c([2H])c(-c4c([2H])c([2H])c([2H])c([2H])c4[2H])c([2H])c3[2H])c3c([2H])c4c(c([2H])c3-c3c([2H])c([2H])c([2H])c([2H])c3[2H])C(C)(C)C(C)(C)C4(C)C)c([2H])c2[2H])c([2H])c1[2H]. The van der Waals surface area contributed by atoms with Crippen LogP contribution < -0.4 is 4.90 Å². The third kappa shape index (κ3) is 4.77. The Bertz CT molecular complexity index is 3130. The molecule has 0 spiro atoms. The van der Waals surface area contributed by atoms with Crippen LogP contribution in [-0.2, 0) is 10.8 Å². The number of fused-ring (bicyclic) bond motifs is 1. The summed E-state index contributed by atoms with van der Waals surface area (Å²) < 4.78 is 225. The molecule has 0 saturated carbocycles. The predicted molar refractivity (Wildman–Crippen MR) is 197 cm³/mol. The van der Waals surface area contributed by atoms with Gasteiger partial charge in [-0.25, -0.2) is 0 Å². The topological polar surface area (TPSA) is 3.24 Å². The smallest absolute Gasteiger partial charge is 0.0648 e. The first kappa shape index (κ1) is 12.7. The molecule has 0 saturated heterocycles. The van der Waals surface area contributed by atoms with Gasteiger partial charge in [0, 0.05) is 16.9 Å². The molecule has 0 N–H and O–H groups in total. The lowest BCUT2D eigenvalue weighted by molar-refractivity contribution is 0.125. The first-order valence-corrected chi connectivity index (χ1v) is 14.4. The molecule has 7 rings (SSSR count). The minimum absolute atomic E-state index is 0.102. The van der Waals surface area contributed by atoms with E-state index < -0.39 is 218 Å². The van der Waals surface area contributed by atoms with Crippen LogP contribution in [0.5, 0.6) is 0 Å². The van der Waals surface area contributed by atoms with Crippen molar-refractivity contribution in [2.45, 2.75) is 52.4 Å². The van der Waals surface area contributed by atoms with Gasteiger partial charge in [-0.15, -0.1) is 0 Å². The maximum Gasteiger partial charge on any atom is 0.0648 e. The quantitative estimate of drug-likeness (QED) is 0.179. The summed E-state index contributed by atoms with van der Waals surface area (Å²) in [6.07, 6.45) is 0. The summed E-state index contributed by atoms with van der Waals surface area (Å²) in [6, 6.07) is -23.4. The van der Waals surface area contributed by atoms with E-state index in [0.717, 1.165) is 0 Å². The summed E-state index contributed by atoms with van der Waals surface area (Å²) in [5, 5.41) is 0. The maximum absolute atomic E-state index is 10.3. The maximum atomic E-state index is 10.3. The highest BCUT2D eigenvalue weighted by molar-refractivity contribution is 5.90. The van der Waals surface area contributed by atoms with Gasteiger partial charge in [-0.2, -0.15) is 0 Å². The van der Waals surface area contributed by atoms with Gasteiger partial charge in [0.25, 0.3) is 0 Å². The zero-order valence-electron chi connectivity index (χ0n) is 50.9. The lowest BCUT2D eigenvalue weighted by Crippen LogP contribution is -2.42. The summed E-state index contributed by atoms with van der Waals surface area (Å²) in [4.78, 5) is 0.587. The molecule has 0 unspecified atom stereocenters. The summed E-state index contributed by atoms with van der Waals surface area (Å²) in [5.41, 5.74) is -10.1. The minimum Gasteiger partial charge on any atom is -0.310 e. The Kier molecular flexibility index (Phi) is 3.09. The number of benzene rings is 6. The molecule has 1 aliphatic carbocycles. The van der Waals surface area contributed by atoms with Crippen molar-refractivity contribution in [2.75, 3.05) is 4.90 Å². The number of hydrogen-bond donors (Lipinski definition) is 0. The Morgan fingerprint density at radius 3 is 1.17 bits per heavy atom. The van der Waals surface area contributed by atoms with Gasteiger partial charge >= 0.3 is 0 Å². The highest BCUT2D eigenvalue weighted by atomic mass is 15.1. The second-order valence-electron chi connectivity index (χ2n) is 12.4. The molecule has 0 fully saturated rings. The van der Waals surface area contributed by atoms with Gasteiger partial charge in [-0.05, 0) is 91.4 Å². The van der Waals surface area contributed by atoms with Crippen molar-refractivity contribution in [1.82, 2.24) is 0 Å². The number of anilines is 3. The molecule has 0 atom stereocenters. The van der Waals surface area contributed by atoms with Crippen LogP contribution in [0.2, 0.25) is 0 Å². The molecule has 0 aromatic heterocycles. The molecule has 0 bridgehead atoms. The van der Waals surface area contributed by atoms with Crippen LogP contribution in [0.15, 0.2) is 151 Å². The molecule has 6 aromatic rings. The minimum atomic E-state index is -1.14. The molecule has 1 nitrogen and oxygen atoms in total. The predicted octanol–water partition coefficient (Wildman–Crippen LogP) is 12.8. The van der Waals surface area contributed by atoms with Crippen molar-refractivity contribution in [3.8, 4) is 33.4 Å². The van der Waals surface area contributed by atoms with Crippen molar-refractivity contribution >= 4 is 17.1 Å². The average molecular weight is 623 g/mol. The molecule has 6 aromatic carbocycles. The van der Waals surface area contributed by atoms with Crippen molar-refractivity contribution in [3.63, 3.8) is 0 Å². The van der Waals surface area contributed by atoms with E-state index in [-0.39, 0.29) is 11.1 Å². The Morgan fingerprint density at radius 2 is 0.761 bits per heavy atom. The van der Waals surface area contributed by atoms with E-state index in [1.165, 1.54) is 0 Å².